The first-order valence-electron chi connectivity index (χ1n) is 7.15. The second-order valence-corrected chi connectivity index (χ2v) is 6.98. The lowest BCUT2D eigenvalue weighted by molar-refractivity contribution is -0.182. The topological polar surface area (TPSA) is 52.9 Å². The van der Waals surface area contributed by atoms with Gasteiger partial charge >= 0.3 is 7.12 Å². The van der Waals surface area contributed by atoms with Crippen molar-refractivity contribution in [1.29, 1.82) is 0 Å². The Hall–Kier alpha value is -0.945. The van der Waals surface area contributed by atoms with Gasteiger partial charge in [0.25, 0.3) is 0 Å². The van der Waals surface area contributed by atoms with E-state index in [4.69, 9.17) is 4.74 Å². The van der Waals surface area contributed by atoms with Crippen LogP contribution in [0.5, 0.6) is 0 Å². The molecular formula is C15H23BFNO3. The molecule has 1 aliphatic heterocycles. The van der Waals surface area contributed by atoms with Gasteiger partial charge in [-0.3, -0.25) is 4.90 Å². The molecule has 0 radical (unpaired) electrons. The van der Waals surface area contributed by atoms with E-state index in [0.29, 0.717) is 6.54 Å². The van der Waals surface area contributed by atoms with Crippen molar-refractivity contribution in [2.24, 2.45) is 0 Å². The zero-order valence-corrected chi connectivity index (χ0v) is 13.1. The molecular weight excluding hydrogens is 272 g/mol. The maximum absolute atomic E-state index is 13.3. The SMILES string of the molecule is CC1(C)CN(Cc2ccc(F)cc2B(O)O)CC(C)(C)O1. The molecule has 1 saturated heterocycles. The van der Waals surface area contributed by atoms with Crippen molar-refractivity contribution < 1.29 is 19.2 Å². The van der Waals surface area contributed by atoms with Crippen LogP contribution in [-0.2, 0) is 11.3 Å². The third kappa shape index (κ3) is 4.26. The van der Waals surface area contributed by atoms with Crippen molar-refractivity contribution >= 4 is 12.6 Å². The van der Waals surface area contributed by atoms with Gasteiger partial charge in [0.2, 0.25) is 0 Å². The maximum Gasteiger partial charge on any atom is 0.488 e. The summed E-state index contributed by atoms with van der Waals surface area (Å²) >= 11 is 0. The molecule has 2 N–H and O–H groups in total. The fourth-order valence-electron chi connectivity index (χ4n) is 3.25. The molecule has 0 amide bonds. The van der Waals surface area contributed by atoms with Gasteiger partial charge in [-0.15, -0.1) is 0 Å². The van der Waals surface area contributed by atoms with E-state index in [9.17, 15) is 14.4 Å². The number of rotatable bonds is 3. The van der Waals surface area contributed by atoms with Gasteiger partial charge in [-0.1, -0.05) is 6.07 Å². The summed E-state index contributed by atoms with van der Waals surface area (Å²) in [6.45, 7) is 10.1. The fraction of sp³-hybridized carbons (Fsp3) is 0.600. The number of benzene rings is 1. The highest BCUT2D eigenvalue weighted by Crippen LogP contribution is 2.28. The first-order valence-corrected chi connectivity index (χ1v) is 7.15. The van der Waals surface area contributed by atoms with Crippen LogP contribution < -0.4 is 5.46 Å². The Bertz CT molecular complexity index is 504. The van der Waals surface area contributed by atoms with Crippen LogP contribution in [0.25, 0.3) is 0 Å². The average Bonchev–Trinajstić information content (AvgIpc) is 2.27. The molecule has 0 unspecified atom stereocenters. The van der Waals surface area contributed by atoms with Crippen LogP contribution in [-0.4, -0.2) is 46.4 Å². The van der Waals surface area contributed by atoms with E-state index in [0.717, 1.165) is 18.7 Å². The first kappa shape index (κ1) is 16.4. The fourth-order valence-corrected chi connectivity index (χ4v) is 3.25. The van der Waals surface area contributed by atoms with E-state index in [1.165, 1.54) is 12.1 Å². The minimum atomic E-state index is -1.67. The molecule has 0 saturated carbocycles. The van der Waals surface area contributed by atoms with Crippen LogP contribution in [0.3, 0.4) is 0 Å². The largest absolute Gasteiger partial charge is 0.488 e. The number of morpholine rings is 1. The molecule has 1 fully saturated rings. The molecule has 1 heterocycles. The highest BCUT2D eigenvalue weighted by atomic mass is 19.1. The molecule has 0 aliphatic carbocycles. The Morgan fingerprint density at radius 3 is 2.29 bits per heavy atom. The van der Waals surface area contributed by atoms with E-state index >= 15 is 0 Å². The van der Waals surface area contributed by atoms with Gasteiger partial charge in [-0.2, -0.15) is 0 Å². The van der Waals surface area contributed by atoms with Gasteiger partial charge in [0, 0.05) is 19.6 Å². The van der Waals surface area contributed by atoms with E-state index < -0.39 is 12.9 Å². The van der Waals surface area contributed by atoms with Crippen molar-refractivity contribution in [2.75, 3.05) is 13.1 Å². The van der Waals surface area contributed by atoms with E-state index in [1.54, 1.807) is 6.07 Å². The summed E-state index contributed by atoms with van der Waals surface area (Å²) in [6, 6.07) is 4.13. The summed E-state index contributed by atoms with van der Waals surface area (Å²) in [4.78, 5) is 2.20. The Morgan fingerprint density at radius 1 is 1.19 bits per heavy atom. The van der Waals surface area contributed by atoms with Gasteiger partial charge in [0.1, 0.15) is 5.82 Å². The third-order valence-corrected chi connectivity index (χ3v) is 3.54. The lowest BCUT2D eigenvalue weighted by Crippen LogP contribution is -2.57. The predicted octanol–water partition coefficient (Wildman–Crippen LogP) is 0.895. The summed E-state index contributed by atoms with van der Waals surface area (Å²) in [5.41, 5.74) is 0.386. The minimum Gasteiger partial charge on any atom is -0.423 e. The summed E-state index contributed by atoms with van der Waals surface area (Å²) in [7, 11) is -1.67. The van der Waals surface area contributed by atoms with Crippen LogP contribution in [0.4, 0.5) is 4.39 Å². The standard InChI is InChI=1S/C15H23BFNO3/c1-14(2)9-18(10-15(3,4)21-14)8-11-5-6-12(17)7-13(11)16(19)20/h5-7,19-20H,8-10H2,1-4H3. The van der Waals surface area contributed by atoms with Gasteiger partial charge in [0.15, 0.2) is 0 Å². The number of nitrogens with zero attached hydrogens (tertiary/aromatic N) is 1. The second-order valence-electron chi connectivity index (χ2n) is 6.98. The normalized spacial score (nSPS) is 21.3. The zero-order chi connectivity index (χ0) is 15.8. The molecule has 0 bridgehead atoms. The molecule has 2 rings (SSSR count). The molecule has 4 nitrogen and oxygen atoms in total. The number of ether oxygens (including phenoxy) is 1. The lowest BCUT2D eigenvalue weighted by Gasteiger charge is -2.47. The van der Waals surface area contributed by atoms with Crippen LogP contribution in [0.2, 0.25) is 0 Å². The smallest absolute Gasteiger partial charge is 0.423 e. The van der Waals surface area contributed by atoms with Crippen molar-refractivity contribution in [3.63, 3.8) is 0 Å². The van der Waals surface area contributed by atoms with Gasteiger partial charge in [-0.05, 0) is 50.9 Å². The molecule has 1 aliphatic rings. The lowest BCUT2D eigenvalue weighted by atomic mass is 9.76. The second kappa shape index (κ2) is 5.68. The third-order valence-electron chi connectivity index (χ3n) is 3.54. The van der Waals surface area contributed by atoms with Crippen molar-refractivity contribution in [1.82, 2.24) is 4.90 Å². The average molecular weight is 295 g/mol. The first-order chi connectivity index (χ1) is 9.58. The number of hydrogen-bond donors (Lipinski definition) is 2. The Kier molecular flexibility index (Phi) is 4.45. The molecule has 0 atom stereocenters. The van der Waals surface area contributed by atoms with Crippen LogP contribution in [0.1, 0.15) is 33.3 Å². The van der Waals surface area contributed by atoms with Crippen molar-refractivity contribution in [3.8, 4) is 0 Å². The Labute approximate surface area is 125 Å². The summed E-state index contributed by atoms with van der Waals surface area (Å²) in [5.74, 6) is -0.468. The molecule has 116 valence electrons. The van der Waals surface area contributed by atoms with Crippen LogP contribution >= 0.6 is 0 Å². The van der Waals surface area contributed by atoms with Gasteiger partial charge < -0.3 is 14.8 Å². The van der Waals surface area contributed by atoms with Gasteiger partial charge in [0.05, 0.1) is 11.2 Å². The van der Waals surface area contributed by atoms with E-state index in [1.807, 2.05) is 27.7 Å². The van der Waals surface area contributed by atoms with Crippen molar-refractivity contribution in [2.45, 2.75) is 45.4 Å². The number of hydrogen-bond acceptors (Lipinski definition) is 4. The zero-order valence-electron chi connectivity index (χ0n) is 13.1. The molecule has 1 aromatic rings. The minimum absolute atomic E-state index is 0.220. The maximum atomic E-state index is 13.3. The molecule has 0 spiro atoms. The van der Waals surface area contributed by atoms with Crippen LogP contribution in [0.15, 0.2) is 18.2 Å². The summed E-state index contributed by atoms with van der Waals surface area (Å²) in [6.07, 6.45) is 0. The van der Waals surface area contributed by atoms with E-state index in [-0.39, 0.29) is 16.7 Å². The predicted molar refractivity (Wildman–Crippen MR) is 80.7 cm³/mol. The van der Waals surface area contributed by atoms with Gasteiger partial charge in [-0.25, -0.2) is 4.39 Å². The quantitative estimate of drug-likeness (QED) is 0.813. The summed E-state index contributed by atoms with van der Waals surface area (Å²) < 4.78 is 19.3. The molecule has 6 heteroatoms. The Morgan fingerprint density at radius 2 is 1.76 bits per heavy atom. The molecule has 0 aromatic heterocycles. The van der Waals surface area contributed by atoms with Crippen LogP contribution in [0, 0.1) is 5.82 Å². The monoisotopic (exact) mass is 295 g/mol. The van der Waals surface area contributed by atoms with Crippen molar-refractivity contribution in [3.05, 3.63) is 29.6 Å². The molecule has 1 aromatic carbocycles. The highest BCUT2D eigenvalue weighted by Gasteiger charge is 2.38. The summed E-state index contributed by atoms with van der Waals surface area (Å²) in [5, 5.41) is 18.8. The highest BCUT2D eigenvalue weighted by molar-refractivity contribution is 6.59. The number of halogens is 1. The van der Waals surface area contributed by atoms with E-state index in [2.05, 4.69) is 4.90 Å². The molecule has 21 heavy (non-hydrogen) atoms. The Balaban J connectivity index is 2.22.